The highest BCUT2D eigenvalue weighted by atomic mass is 79.9. The SMILES string of the molecule is OC(COc1cc(F)ccc1Br)(c1ccc2c(cnn2-c2ccccc2)c1)C(F)(F)F. The van der Waals surface area contributed by atoms with Crippen molar-refractivity contribution < 1.29 is 27.4 Å². The van der Waals surface area contributed by atoms with E-state index >= 15 is 0 Å². The highest BCUT2D eigenvalue weighted by molar-refractivity contribution is 9.10. The van der Waals surface area contributed by atoms with Crippen LogP contribution in [0.15, 0.2) is 77.4 Å². The molecule has 0 radical (unpaired) electrons. The lowest BCUT2D eigenvalue weighted by Gasteiger charge is -2.31. The van der Waals surface area contributed by atoms with Crippen molar-refractivity contribution in [3.05, 3.63) is 88.8 Å². The zero-order valence-electron chi connectivity index (χ0n) is 15.8. The molecular formula is C22H15BrF4N2O2. The number of nitrogens with zero attached hydrogens (tertiary/aromatic N) is 2. The fourth-order valence-corrected chi connectivity index (χ4v) is 3.53. The maximum atomic E-state index is 13.9. The van der Waals surface area contributed by atoms with Gasteiger partial charge >= 0.3 is 6.18 Å². The first kappa shape index (κ1) is 21.3. The first-order valence-electron chi connectivity index (χ1n) is 9.10. The Balaban J connectivity index is 1.71. The Morgan fingerprint density at radius 1 is 1.00 bits per heavy atom. The summed E-state index contributed by atoms with van der Waals surface area (Å²) in [4.78, 5) is 0. The van der Waals surface area contributed by atoms with Crippen LogP contribution >= 0.6 is 15.9 Å². The van der Waals surface area contributed by atoms with Crippen LogP contribution in [0.4, 0.5) is 17.6 Å². The molecule has 1 aromatic heterocycles. The third kappa shape index (κ3) is 4.03. The number of alkyl halides is 3. The molecule has 0 fully saturated rings. The van der Waals surface area contributed by atoms with E-state index in [0.717, 1.165) is 17.8 Å². The van der Waals surface area contributed by atoms with Gasteiger partial charge < -0.3 is 9.84 Å². The number of hydrogen-bond donors (Lipinski definition) is 1. The Morgan fingerprint density at radius 2 is 1.74 bits per heavy atom. The molecule has 0 aliphatic heterocycles. The smallest absolute Gasteiger partial charge is 0.424 e. The molecule has 1 unspecified atom stereocenters. The molecule has 160 valence electrons. The topological polar surface area (TPSA) is 47.3 Å². The molecule has 0 spiro atoms. The predicted molar refractivity (Wildman–Crippen MR) is 111 cm³/mol. The van der Waals surface area contributed by atoms with Gasteiger partial charge in [-0.25, -0.2) is 9.07 Å². The van der Waals surface area contributed by atoms with Gasteiger partial charge in [-0.2, -0.15) is 18.3 Å². The second kappa shape index (κ2) is 7.97. The van der Waals surface area contributed by atoms with E-state index < -0.39 is 29.8 Å². The monoisotopic (exact) mass is 494 g/mol. The molecule has 0 bridgehead atoms. The molecular weight excluding hydrogens is 480 g/mol. The van der Waals surface area contributed by atoms with Crippen molar-refractivity contribution >= 4 is 26.8 Å². The minimum atomic E-state index is -5.05. The second-order valence-electron chi connectivity index (χ2n) is 6.89. The number of para-hydroxylation sites is 1. The minimum absolute atomic E-state index is 0.152. The molecule has 31 heavy (non-hydrogen) atoms. The van der Waals surface area contributed by atoms with E-state index in [1.54, 1.807) is 4.68 Å². The van der Waals surface area contributed by atoms with Crippen molar-refractivity contribution in [1.82, 2.24) is 9.78 Å². The standard InChI is InChI=1S/C22H15BrF4N2O2/c23-18-8-7-16(24)11-20(18)31-13-21(30,22(25,26)27)15-6-9-19-14(10-15)12-28-29(19)17-4-2-1-3-5-17/h1-12,30H,13H2. The molecule has 4 aromatic rings. The number of aromatic nitrogens is 2. The number of ether oxygens (including phenoxy) is 1. The Labute approximate surface area is 182 Å². The molecule has 0 saturated heterocycles. The summed E-state index contributed by atoms with van der Waals surface area (Å²) in [6, 6.07) is 16.4. The van der Waals surface area contributed by atoms with Crippen LogP contribution in [0.1, 0.15) is 5.56 Å². The van der Waals surface area contributed by atoms with Gasteiger partial charge in [0.25, 0.3) is 0 Å². The largest absolute Gasteiger partial charge is 0.489 e. The van der Waals surface area contributed by atoms with Crippen LogP contribution in [0.3, 0.4) is 0 Å². The van der Waals surface area contributed by atoms with E-state index in [1.807, 2.05) is 30.3 Å². The van der Waals surface area contributed by atoms with Crippen LogP contribution in [-0.4, -0.2) is 27.7 Å². The molecule has 1 heterocycles. The van der Waals surface area contributed by atoms with Crippen LogP contribution in [0.2, 0.25) is 0 Å². The number of fused-ring (bicyclic) bond motifs is 1. The third-order valence-corrected chi connectivity index (χ3v) is 5.50. The van der Waals surface area contributed by atoms with Gasteiger partial charge in [-0.1, -0.05) is 24.3 Å². The molecule has 0 saturated carbocycles. The fourth-order valence-electron chi connectivity index (χ4n) is 3.16. The molecule has 1 atom stereocenters. The van der Waals surface area contributed by atoms with E-state index in [9.17, 15) is 22.7 Å². The van der Waals surface area contributed by atoms with E-state index in [0.29, 0.717) is 10.9 Å². The zero-order valence-corrected chi connectivity index (χ0v) is 17.4. The summed E-state index contributed by atoms with van der Waals surface area (Å²) >= 11 is 3.10. The summed E-state index contributed by atoms with van der Waals surface area (Å²) in [5.74, 6) is -0.829. The van der Waals surface area contributed by atoms with Gasteiger partial charge in [0, 0.05) is 11.5 Å². The summed E-state index contributed by atoms with van der Waals surface area (Å²) < 4.78 is 62.2. The van der Waals surface area contributed by atoms with Gasteiger partial charge in [-0.05, 0) is 57.9 Å². The van der Waals surface area contributed by atoms with Crippen LogP contribution in [-0.2, 0) is 5.60 Å². The maximum absolute atomic E-state index is 13.9. The van der Waals surface area contributed by atoms with Crippen molar-refractivity contribution in [2.75, 3.05) is 6.61 Å². The number of halogens is 5. The average Bonchev–Trinajstić information content (AvgIpc) is 3.17. The van der Waals surface area contributed by atoms with Crippen molar-refractivity contribution in [3.8, 4) is 11.4 Å². The van der Waals surface area contributed by atoms with Crippen molar-refractivity contribution in [2.24, 2.45) is 0 Å². The van der Waals surface area contributed by atoms with Gasteiger partial charge in [-0.15, -0.1) is 0 Å². The molecule has 3 aromatic carbocycles. The molecule has 0 amide bonds. The lowest BCUT2D eigenvalue weighted by atomic mass is 9.93. The average molecular weight is 495 g/mol. The lowest BCUT2D eigenvalue weighted by molar-refractivity contribution is -0.275. The number of hydrogen-bond acceptors (Lipinski definition) is 3. The first-order chi connectivity index (χ1) is 14.7. The summed E-state index contributed by atoms with van der Waals surface area (Å²) in [5, 5.41) is 15.3. The normalized spacial score (nSPS) is 13.9. The predicted octanol–water partition coefficient (Wildman–Crippen LogP) is 5.76. The molecule has 1 N–H and O–H groups in total. The van der Waals surface area contributed by atoms with Crippen LogP contribution in [0, 0.1) is 5.82 Å². The minimum Gasteiger partial charge on any atom is -0.489 e. The van der Waals surface area contributed by atoms with Gasteiger partial charge in [-0.3, -0.25) is 0 Å². The van der Waals surface area contributed by atoms with Crippen molar-refractivity contribution in [3.63, 3.8) is 0 Å². The Morgan fingerprint density at radius 3 is 2.45 bits per heavy atom. The summed E-state index contributed by atoms with van der Waals surface area (Å²) in [6.45, 7) is -1.16. The maximum Gasteiger partial charge on any atom is 0.424 e. The van der Waals surface area contributed by atoms with Gasteiger partial charge in [0.15, 0.2) is 0 Å². The summed E-state index contributed by atoms with van der Waals surface area (Å²) in [6.07, 6.45) is -3.62. The highest BCUT2D eigenvalue weighted by Crippen LogP contribution is 2.41. The van der Waals surface area contributed by atoms with E-state index in [-0.39, 0.29) is 10.2 Å². The molecule has 0 aliphatic rings. The quantitative estimate of drug-likeness (QED) is 0.359. The number of benzene rings is 3. The lowest BCUT2D eigenvalue weighted by Crippen LogP contribution is -2.47. The molecule has 0 aliphatic carbocycles. The summed E-state index contributed by atoms with van der Waals surface area (Å²) in [5.41, 5.74) is -2.40. The Bertz CT molecular complexity index is 1230. The van der Waals surface area contributed by atoms with Crippen LogP contribution < -0.4 is 4.74 Å². The summed E-state index contributed by atoms with van der Waals surface area (Å²) in [7, 11) is 0. The van der Waals surface area contributed by atoms with Gasteiger partial charge in [0.05, 0.1) is 21.9 Å². The fraction of sp³-hybridized carbons (Fsp3) is 0.136. The Hall–Kier alpha value is -2.91. The van der Waals surface area contributed by atoms with E-state index in [1.165, 1.54) is 30.5 Å². The third-order valence-electron chi connectivity index (χ3n) is 4.85. The highest BCUT2D eigenvalue weighted by Gasteiger charge is 2.56. The Kier molecular flexibility index (Phi) is 5.49. The van der Waals surface area contributed by atoms with E-state index in [4.69, 9.17) is 4.74 Å². The number of rotatable bonds is 5. The van der Waals surface area contributed by atoms with Crippen molar-refractivity contribution in [1.29, 1.82) is 0 Å². The van der Waals surface area contributed by atoms with Crippen LogP contribution in [0.5, 0.6) is 5.75 Å². The van der Waals surface area contributed by atoms with Gasteiger partial charge in [0.2, 0.25) is 5.60 Å². The van der Waals surface area contributed by atoms with Crippen LogP contribution in [0.25, 0.3) is 16.6 Å². The first-order valence-corrected chi connectivity index (χ1v) is 9.89. The molecule has 9 heteroatoms. The van der Waals surface area contributed by atoms with Crippen molar-refractivity contribution in [2.45, 2.75) is 11.8 Å². The molecule has 4 nitrogen and oxygen atoms in total. The second-order valence-corrected chi connectivity index (χ2v) is 7.74. The molecule has 4 rings (SSSR count). The number of aliphatic hydroxyl groups is 1. The van der Waals surface area contributed by atoms with E-state index in [2.05, 4.69) is 21.0 Å². The van der Waals surface area contributed by atoms with Gasteiger partial charge in [0.1, 0.15) is 18.2 Å². The zero-order chi connectivity index (χ0) is 22.2.